The predicted molar refractivity (Wildman–Crippen MR) is 65.9 cm³/mol. The molecule has 0 aromatic carbocycles. The number of ether oxygens (including phenoxy) is 1. The third kappa shape index (κ3) is 3.33. The Morgan fingerprint density at radius 2 is 2.20 bits per heavy atom. The van der Waals surface area contributed by atoms with E-state index in [1.54, 1.807) is 23.4 Å². The number of amides is 1. The predicted octanol–water partition coefficient (Wildman–Crippen LogP) is 2.53. The third-order valence-electron chi connectivity index (χ3n) is 1.95. The van der Waals surface area contributed by atoms with Gasteiger partial charge in [0.1, 0.15) is 0 Å². The Morgan fingerprint density at radius 1 is 1.53 bits per heavy atom. The molecular formula is C10H13IN2O2. The molecule has 0 aliphatic carbocycles. The summed E-state index contributed by atoms with van der Waals surface area (Å²) >= 11 is 2.11. The van der Waals surface area contributed by atoms with Gasteiger partial charge in [-0.1, -0.05) is 0 Å². The van der Waals surface area contributed by atoms with E-state index in [1.807, 2.05) is 13.8 Å². The van der Waals surface area contributed by atoms with E-state index in [0.29, 0.717) is 18.8 Å². The number of carbonyl (C=O) groups excluding carboxylic acids is 1. The van der Waals surface area contributed by atoms with Crippen LogP contribution in [0.1, 0.15) is 13.8 Å². The van der Waals surface area contributed by atoms with Gasteiger partial charge in [-0.25, -0.2) is 4.79 Å². The van der Waals surface area contributed by atoms with Crippen LogP contribution in [-0.2, 0) is 0 Å². The second kappa shape index (κ2) is 5.89. The van der Waals surface area contributed by atoms with E-state index in [-0.39, 0.29) is 6.09 Å². The lowest BCUT2D eigenvalue weighted by atomic mass is 10.5. The molecule has 0 aliphatic rings. The van der Waals surface area contributed by atoms with Crippen molar-refractivity contribution in [3.63, 3.8) is 0 Å². The van der Waals surface area contributed by atoms with Crippen molar-refractivity contribution in [2.24, 2.45) is 0 Å². The van der Waals surface area contributed by atoms with Crippen LogP contribution in [0.3, 0.4) is 0 Å². The van der Waals surface area contributed by atoms with Gasteiger partial charge in [-0.2, -0.15) is 0 Å². The van der Waals surface area contributed by atoms with E-state index >= 15 is 0 Å². The Labute approximate surface area is 103 Å². The van der Waals surface area contributed by atoms with Crippen LogP contribution in [0.4, 0.5) is 4.79 Å². The molecule has 0 bridgehead atoms. The summed E-state index contributed by atoms with van der Waals surface area (Å²) in [6.07, 6.45) is 2.88. The fraction of sp³-hybridized carbons (Fsp3) is 0.400. The zero-order valence-electron chi connectivity index (χ0n) is 8.74. The minimum atomic E-state index is -0.328. The van der Waals surface area contributed by atoms with E-state index in [2.05, 4.69) is 27.6 Å². The van der Waals surface area contributed by atoms with Crippen LogP contribution in [0.25, 0.3) is 0 Å². The molecular weight excluding hydrogens is 307 g/mol. The van der Waals surface area contributed by atoms with Gasteiger partial charge < -0.3 is 9.64 Å². The van der Waals surface area contributed by atoms with E-state index in [1.165, 1.54) is 0 Å². The average Bonchev–Trinajstić information content (AvgIpc) is 2.23. The van der Waals surface area contributed by atoms with E-state index < -0.39 is 0 Å². The highest BCUT2D eigenvalue weighted by Gasteiger charge is 2.13. The van der Waals surface area contributed by atoms with Crippen LogP contribution >= 0.6 is 22.6 Å². The Balaban J connectivity index is 2.70. The first-order valence-electron chi connectivity index (χ1n) is 4.75. The molecule has 1 aromatic heterocycles. The van der Waals surface area contributed by atoms with Gasteiger partial charge in [-0.15, -0.1) is 0 Å². The van der Waals surface area contributed by atoms with Gasteiger partial charge in [0.2, 0.25) is 0 Å². The first-order valence-corrected chi connectivity index (χ1v) is 5.83. The van der Waals surface area contributed by atoms with Crippen LogP contribution < -0.4 is 4.74 Å². The van der Waals surface area contributed by atoms with E-state index in [4.69, 9.17) is 4.74 Å². The molecule has 0 N–H and O–H groups in total. The number of hydrogen-bond acceptors (Lipinski definition) is 3. The van der Waals surface area contributed by atoms with Crippen LogP contribution in [0.15, 0.2) is 18.5 Å². The molecule has 1 amide bonds. The average molecular weight is 320 g/mol. The Hall–Kier alpha value is -0.850. The molecule has 0 spiro atoms. The van der Waals surface area contributed by atoms with Gasteiger partial charge in [0.25, 0.3) is 0 Å². The third-order valence-corrected chi connectivity index (χ3v) is 2.84. The van der Waals surface area contributed by atoms with Gasteiger partial charge in [0, 0.05) is 19.3 Å². The lowest BCUT2D eigenvalue weighted by Crippen LogP contribution is -2.33. The van der Waals surface area contributed by atoms with Crippen LogP contribution in [0.2, 0.25) is 0 Å². The molecule has 5 heteroatoms. The summed E-state index contributed by atoms with van der Waals surface area (Å²) in [5, 5.41) is 0. The van der Waals surface area contributed by atoms with Crippen molar-refractivity contribution in [2.45, 2.75) is 13.8 Å². The molecule has 1 rings (SSSR count). The summed E-state index contributed by atoms with van der Waals surface area (Å²) in [7, 11) is 0. The maximum atomic E-state index is 11.6. The molecule has 4 nitrogen and oxygen atoms in total. The molecule has 15 heavy (non-hydrogen) atoms. The zero-order valence-corrected chi connectivity index (χ0v) is 10.9. The summed E-state index contributed by atoms with van der Waals surface area (Å²) < 4.78 is 6.08. The monoisotopic (exact) mass is 320 g/mol. The SMILES string of the molecule is CCN(CC)C(=O)Oc1cnccc1I. The topological polar surface area (TPSA) is 42.4 Å². The molecule has 82 valence electrons. The number of aromatic nitrogens is 1. The highest BCUT2D eigenvalue weighted by Crippen LogP contribution is 2.18. The molecule has 0 saturated heterocycles. The largest absolute Gasteiger partial charge is 0.415 e. The minimum absolute atomic E-state index is 0.328. The van der Waals surface area contributed by atoms with Gasteiger partial charge in [0.15, 0.2) is 5.75 Å². The Kier molecular flexibility index (Phi) is 4.80. The van der Waals surface area contributed by atoms with Crippen LogP contribution in [0, 0.1) is 3.57 Å². The number of carbonyl (C=O) groups is 1. The second-order valence-electron chi connectivity index (χ2n) is 2.85. The number of halogens is 1. The molecule has 0 atom stereocenters. The van der Waals surface area contributed by atoms with Crippen molar-refractivity contribution in [1.29, 1.82) is 0 Å². The minimum Gasteiger partial charge on any atom is -0.407 e. The summed E-state index contributed by atoms with van der Waals surface area (Å²) in [6, 6.07) is 1.80. The summed E-state index contributed by atoms with van der Waals surface area (Å²) in [6.45, 7) is 5.12. The molecule has 0 fully saturated rings. The van der Waals surface area contributed by atoms with Crippen molar-refractivity contribution in [2.75, 3.05) is 13.1 Å². The van der Waals surface area contributed by atoms with E-state index in [9.17, 15) is 4.79 Å². The quantitative estimate of drug-likeness (QED) is 0.804. The smallest absolute Gasteiger partial charge is 0.407 e. The van der Waals surface area contributed by atoms with Crippen molar-refractivity contribution in [3.8, 4) is 5.75 Å². The van der Waals surface area contributed by atoms with Crippen molar-refractivity contribution in [1.82, 2.24) is 9.88 Å². The first kappa shape index (κ1) is 12.2. The van der Waals surface area contributed by atoms with Crippen molar-refractivity contribution < 1.29 is 9.53 Å². The highest BCUT2D eigenvalue weighted by atomic mass is 127. The first-order chi connectivity index (χ1) is 7.19. The normalized spacial score (nSPS) is 9.80. The van der Waals surface area contributed by atoms with Crippen molar-refractivity contribution >= 4 is 28.7 Å². The van der Waals surface area contributed by atoms with Crippen molar-refractivity contribution in [3.05, 3.63) is 22.0 Å². The fourth-order valence-electron chi connectivity index (χ4n) is 1.08. The summed E-state index contributed by atoms with van der Waals surface area (Å²) in [5.41, 5.74) is 0. The standard InChI is InChI=1S/C10H13IN2O2/c1-3-13(4-2)10(14)15-9-7-12-6-5-8(9)11/h5-7H,3-4H2,1-2H3. The number of rotatable bonds is 3. The van der Waals surface area contributed by atoms with Crippen LogP contribution in [0.5, 0.6) is 5.75 Å². The maximum absolute atomic E-state index is 11.6. The summed E-state index contributed by atoms with van der Waals surface area (Å²) in [4.78, 5) is 17.1. The lowest BCUT2D eigenvalue weighted by Gasteiger charge is -2.17. The Bertz CT molecular complexity index is 340. The fourth-order valence-corrected chi connectivity index (χ4v) is 1.49. The maximum Gasteiger partial charge on any atom is 0.415 e. The molecule has 0 aliphatic heterocycles. The molecule has 0 unspecified atom stereocenters. The van der Waals surface area contributed by atoms with E-state index in [0.717, 1.165) is 3.57 Å². The van der Waals surface area contributed by atoms with Gasteiger partial charge in [-0.3, -0.25) is 4.98 Å². The number of hydrogen-bond donors (Lipinski definition) is 0. The Morgan fingerprint density at radius 3 is 2.73 bits per heavy atom. The highest BCUT2D eigenvalue weighted by molar-refractivity contribution is 14.1. The van der Waals surface area contributed by atoms with Gasteiger partial charge >= 0.3 is 6.09 Å². The van der Waals surface area contributed by atoms with Crippen LogP contribution in [-0.4, -0.2) is 29.1 Å². The van der Waals surface area contributed by atoms with Gasteiger partial charge in [0.05, 0.1) is 9.77 Å². The number of pyridine rings is 1. The molecule has 1 heterocycles. The molecule has 0 saturated carbocycles. The van der Waals surface area contributed by atoms with Gasteiger partial charge in [-0.05, 0) is 42.5 Å². The summed E-state index contributed by atoms with van der Waals surface area (Å²) in [5.74, 6) is 0.509. The second-order valence-corrected chi connectivity index (χ2v) is 4.01. The zero-order chi connectivity index (χ0) is 11.3. The lowest BCUT2D eigenvalue weighted by molar-refractivity contribution is 0.157. The molecule has 1 aromatic rings. The molecule has 0 radical (unpaired) electrons. The number of nitrogens with zero attached hydrogens (tertiary/aromatic N) is 2.